The molecular formula is C25H34N6O2S. The van der Waals surface area contributed by atoms with E-state index in [0.29, 0.717) is 12.6 Å². The zero-order valence-electron chi connectivity index (χ0n) is 20.2. The highest BCUT2D eigenvalue weighted by molar-refractivity contribution is 7.99. The Hall–Kier alpha value is -2.94. The number of thioether (sulfide) groups is 1. The minimum absolute atomic E-state index is 0.0685. The fraction of sp³-hybridized carbons (Fsp3) is 0.480. The second-order valence-corrected chi connectivity index (χ2v) is 9.70. The average molecular weight is 483 g/mol. The van der Waals surface area contributed by atoms with Gasteiger partial charge in [0.15, 0.2) is 5.16 Å². The summed E-state index contributed by atoms with van der Waals surface area (Å²) in [7, 11) is 0. The zero-order chi connectivity index (χ0) is 23.9. The lowest BCUT2D eigenvalue weighted by molar-refractivity contribution is -0.113. The fourth-order valence-electron chi connectivity index (χ4n) is 4.32. The molecule has 2 aromatic heterocycles. The summed E-state index contributed by atoms with van der Waals surface area (Å²) in [5.41, 5.74) is 1.95. The van der Waals surface area contributed by atoms with E-state index in [4.69, 9.17) is 4.42 Å². The van der Waals surface area contributed by atoms with Gasteiger partial charge in [-0.3, -0.25) is 9.36 Å². The fourth-order valence-corrected chi connectivity index (χ4v) is 5.05. The highest BCUT2D eigenvalue weighted by atomic mass is 32.2. The molecule has 1 aromatic carbocycles. The quantitative estimate of drug-likeness (QED) is 0.413. The molecule has 1 aliphatic heterocycles. The van der Waals surface area contributed by atoms with E-state index in [9.17, 15) is 4.79 Å². The number of rotatable bonds is 10. The van der Waals surface area contributed by atoms with E-state index in [-0.39, 0.29) is 11.7 Å². The topological polar surface area (TPSA) is 79.4 Å². The second kappa shape index (κ2) is 11.5. The van der Waals surface area contributed by atoms with Crippen LogP contribution in [0.15, 0.2) is 52.2 Å². The molecule has 34 heavy (non-hydrogen) atoms. The monoisotopic (exact) mass is 482 g/mol. The highest BCUT2D eigenvalue weighted by Crippen LogP contribution is 2.26. The largest absolute Gasteiger partial charge is 0.467 e. The number of carbonyl (C=O) groups is 1. The van der Waals surface area contributed by atoms with Gasteiger partial charge in [-0.1, -0.05) is 11.8 Å². The molecule has 1 N–H and O–H groups in total. The van der Waals surface area contributed by atoms with Crippen LogP contribution in [0, 0.1) is 0 Å². The van der Waals surface area contributed by atoms with E-state index in [1.165, 1.54) is 18.2 Å². The minimum atomic E-state index is -0.0685. The van der Waals surface area contributed by atoms with Gasteiger partial charge in [-0.15, -0.1) is 10.2 Å². The lowest BCUT2D eigenvalue weighted by Gasteiger charge is -2.27. The van der Waals surface area contributed by atoms with Crippen molar-refractivity contribution in [2.75, 3.05) is 40.5 Å². The van der Waals surface area contributed by atoms with Crippen LogP contribution < -0.4 is 15.1 Å². The van der Waals surface area contributed by atoms with Gasteiger partial charge in [0.2, 0.25) is 11.9 Å². The predicted molar refractivity (Wildman–Crippen MR) is 138 cm³/mol. The van der Waals surface area contributed by atoms with E-state index in [1.807, 2.05) is 24.3 Å². The molecule has 3 aromatic rings. The molecule has 1 fully saturated rings. The molecule has 0 saturated carbocycles. The molecule has 1 amide bonds. The molecule has 0 atom stereocenters. The third kappa shape index (κ3) is 5.94. The number of benzene rings is 1. The summed E-state index contributed by atoms with van der Waals surface area (Å²) in [5, 5.41) is 12.6. The van der Waals surface area contributed by atoms with Crippen LogP contribution in [0.5, 0.6) is 0 Å². The van der Waals surface area contributed by atoms with Crippen LogP contribution in [0.4, 0.5) is 17.3 Å². The van der Waals surface area contributed by atoms with Gasteiger partial charge in [-0.2, -0.15) is 0 Å². The molecule has 8 nitrogen and oxygen atoms in total. The molecule has 0 spiro atoms. The Morgan fingerprint density at radius 2 is 1.91 bits per heavy atom. The van der Waals surface area contributed by atoms with Crippen molar-refractivity contribution in [2.24, 2.45) is 0 Å². The number of carbonyl (C=O) groups excluding carboxylic acids is 1. The Morgan fingerprint density at radius 1 is 1.15 bits per heavy atom. The Labute approximate surface area is 205 Å². The van der Waals surface area contributed by atoms with Crippen LogP contribution in [-0.2, 0) is 11.3 Å². The number of nitrogens with zero attached hydrogens (tertiary/aromatic N) is 5. The lowest BCUT2D eigenvalue weighted by Crippen LogP contribution is -2.32. The number of amides is 1. The molecule has 0 unspecified atom stereocenters. The normalized spacial score (nSPS) is 13.9. The van der Waals surface area contributed by atoms with Gasteiger partial charge in [0.25, 0.3) is 0 Å². The first kappa shape index (κ1) is 24.2. The van der Waals surface area contributed by atoms with Gasteiger partial charge in [0, 0.05) is 37.1 Å². The smallest absolute Gasteiger partial charge is 0.234 e. The van der Waals surface area contributed by atoms with Crippen molar-refractivity contribution in [1.29, 1.82) is 0 Å². The summed E-state index contributed by atoms with van der Waals surface area (Å²) >= 11 is 1.40. The molecule has 0 radical (unpaired) electrons. The van der Waals surface area contributed by atoms with E-state index in [2.05, 4.69) is 62.8 Å². The maximum atomic E-state index is 12.7. The highest BCUT2D eigenvalue weighted by Gasteiger charge is 2.22. The van der Waals surface area contributed by atoms with Crippen molar-refractivity contribution in [2.45, 2.75) is 57.8 Å². The Kier molecular flexibility index (Phi) is 8.16. The Morgan fingerprint density at radius 3 is 2.56 bits per heavy atom. The van der Waals surface area contributed by atoms with Crippen molar-refractivity contribution in [3.8, 4) is 0 Å². The van der Waals surface area contributed by atoms with Crippen LogP contribution in [0.3, 0.4) is 0 Å². The Balaban J connectivity index is 1.40. The summed E-state index contributed by atoms with van der Waals surface area (Å²) in [6, 6.07) is 12.3. The number of hydrogen-bond donors (Lipinski definition) is 1. The molecular weight excluding hydrogens is 448 g/mol. The molecule has 1 saturated heterocycles. The van der Waals surface area contributed by atoms with E-state index >= 15 is 0 Å². The maximum absolute atomic E-state index is 12.7. The van der Waals surface area contributed by atoms with Gasteiger partial charge in [-0.25, -0.2) is 0 Å². The van der Waals surface area contributed by atoms with Crippen molar-refractivity contribution >= 4 is 35.0 Å². The number of furan rings is 1. The van der Waals surface area contributed by atoms with Crippen LogP contribution in [0.2, 0.25) is 0 Å². The molecule has 182 valence electrons. The molecule has 0 bridgehead atoms. The van der Waals surface area contributed by atoms with E-state index in [1.54, 1.807) is 6.26 Å². The average Bonchev–Trinajstić information content (AvgIpc) is 3.50. The number of nitrogens with one attached hydrogen (secondary N) is 1. The standard InChI is InChI=1S/C25H34N6O2S/c1-4-30(19(2)3)21-12-10-20(11-13-21)26-23(32)18-34-25-28-27-24(29-14-6-5-7-15-29)31(25)17-22-9-8-16-33-22/h8-13,16,19H,4-7,14-15,17-18H2,1-3H3,(H,26,32). The van der Waals surface area contributed by atoms with Gasteiger partial charge in [0.05, 0.1) is 18.6 Å². The Bertz CT molecular complexity index is 1040. The van der Waals surface area contributed by atoms with Crippen LogP contribution in [0.25, 0.3) is 0 Å². The third-order valence-corrected chi connectivity index (χ3v) is 6.98. The van der Waals surface area contributed by atoms with Crippen LogP contribution >= 0.6 is 11.8 Å². The number of hydrogen-bond acceptors (Lipinski definition) is 7. The zero-order valence-corrected chi connectivity index (χ0v) is 21.1. The van der Waals surface area contributed by atoms with Crippen molar-refractivity contribution in [1.82, 2.24) is 14.8 Å². The minimum Gasteiger partial charge on any atom is -0.467 e. The summed E-state index contributed by atoms with van der Waals surface area (Å²) in [6.45, 7) is 9.94. The van der Waals surface area contributed by atoms with Crippen molar-refractivity contribution in [3.63, 3.8) is 0 Å². The first-order valence-electron chi connectivity index (χ1n) is 12.0. The van der Waals surface area contributed by atoms with E-state index in [0.717, 1.165) is 60.7 Å². The first-order valence-corrected chi connectivity index (χ1v) is 13.0. The van der Waals surface area contributed by atoms with Crippen molar-refractivity contribution in [3.05, 3.63) is 48.4 Å². The van der Waals surface area contributed by atoms with Gasteiger partial charge < -0.3 is 19.5 Å². The summed E-state index contributed by atoms with van der Waals surface area (Å²) in [4.78, 5) is 17.3. The van der Waals surface area contributed by atoms with Gasteiger partial charge in [0.1, 0.15) is 5.76 Å². The number of aromatic nitrogens is 3. The molecule has 0 aliphatic carbocycles. The van der Waals surface area contributed by atoms with Crippen LogP contribution in [-0.4, -0.2) is 52.1 Å². The lowest BCUT2D eigenvalue weighted by atomic mass is 10.1. The van der Waals surface area contributed by atoms with E-state index < -0.39 is 0 Å². The SMILES string of the molecule is CCN(c1ccc(NC(=O)CSc2nnc(N3CCCCC3)n2Cc2ccco2)cc1)C(C)C. The molecule has 4 rings (SSSR count). The maximum Gasteiger partial charge on any atom is 0.234 e. The summed E-state index contributed by atoms with van der Waals surface area (Å²) in [5.74, 6) is 1.87. The molecule has 9 heteroatoms. The van der Waals surface area contributed by atoms with Gasteiger partial charge >= 0.3 is 0 Å². The van der Waals surface area contributed by atoms with Gasteiger partial charge in [-0.05, 0) is 76.4 Å². The molecule has 1 aliphatic rings. The number of anilines is 3. The summed E-state index contributed by atoms with van der Waals surface area (Å²) in [6.07, 6.45) is 5.24. The summed E-state index contributed by atoms with van der Waals surface area (Å²) < 4.78 is 7.63. The second-order valence-electron chi connectivity index (χ2n) is 8.76. The van der Waals surface area contributed by atoms with Crippen LogP contribution in [0.1, 0.15) is 45.8 Å². The number of piperidine rings is 1. The molecule has 3 heterocycles. The predicted octanol–water partition coefficient (Wildman–Crippen LogP) is 4.88. The van der Waals surface area contributed by atoms with Crippen molar-refractivity contribution < 1.29 is 9.21 Å². The first-order chi connectivity index (χ1) is 16.5. The third-order valence-electron chi connectivity index (χ3n) is 6.01.